The second kappa shape index (κ2) is 6.63. The predicted octanol–water partition coefficient (Wildman–Crippen LogP) is 2.46. The van der Waals surface area contributed by atoms with Crippen molar-refractivity contribution in [3.8, 4) is 0 Å². The molecule has 1 aromatic heterocycles. The number of hydrogen-bond donors (Lipinski definition) is 1. The molecule has 0 fully saturated rings. The number of para-hydroxylation sites is 1. The number of primary amides is 1. The number of carbonyl (C=O) groups is 1. The Labute approximate surface area is 102 Å². The Kier molecular flexibility index (Phi) is 5.14. The molecule has 0 aliphatic rings. The maximum absolute atomic E-state index is 8.58. The van der Waals surface area contributed by atoms with Crippen molar-refractivity contribution >= 4 is 17.3 Å². The molecule has 0 saturated carbocycles. The zero-order chi connectivity index (χ0) is 12.7. The maximum atomic E-state index is 8.58. The standard InChI is InChI=1S/C13H15N.CH3NO/c1-3-10-9-11-7-5-6-8-13(11)14-12(10)4-2;2-1-3/h5-9H,3-4H2,1-2H3;1H,(H2,2,3). The summed E-state index contributed by atoms with van der Waals surface area (Å²) in [5.74, 6) is 0. The van der Waals surface area contributed by atoms with Gasteiger partial charge in [-0.2, -0.15) is 0 Å². The van der Waals surface area contributed by atoms with E-state index in [9.17, 15) is 0 Å². The van der Waals surface area contributed by atoms with Crippen LogP contribution in [-0.4, -0.2) is 11.4 Å². The van der Waals surface area contributed by atoms with Gasteiger partial charge in [-0.25, -0.2) is 0 Å². The van der Waals surface area contributed by atoms with Crippen LogP contribution in [0.1, 0.15) is 25.1 Å². The molecule has 17 heavy (non-hydrogen) atoms. The van der Waals surface area contributed by atoms with Crippen LogP contribution in [0.3, 0.4) is 0 Å². The van der Waals surface area contributed by atoms with Crippen LogP contribution in [0.5, 0.6) is 0 Å². The van der Waals surface area contributed by atoms with Crippen LogP contribution in [-0.2, 0) is 17.6 Å². The SMILES string of the molecule is CCc1cc2ccccc2nc1CC.NC=O. The molecule has 2 N–H and O–H groups in total. The number of benzene rings is 1. The predicted molar refractivity (Wildman–Crippen MR) is 70.8 cm³/mol. The number of amides is 1. The number of aromatic nitrogens is 1. The molecule has 1 aromatic carbocycles. The van der Waals surface area contributed by atoms with Crippen molar-refractivity contribution in [2.45, 2.75) is 26.7 Å². The van der Waals surface area contributed by atoms with E-state index >= 15 is 0 Å². The molecular formula is C14H18N2O. The summed E-state index contributed by atoms with van der Waals surface area (Å²) in [5.41, 5.74) is 7.90. The van der Waals surface area contributed by atoms with Gasteiger partial charge in [0.05, 0.1) is 5.52 Å². The van der Waals surface area contributed by atoms with Crippen molar-refractivity contribution in [1.29, 1.82) is 0 Å². The Morgan fingerprint density at radius 2 is 1.88 bits per heavy atom. The van der Waals surface area contributed by atoms with Crippen molar-refractivity contribution < 1.29 is 4.79 Å². The van der Waals surface area contributed by atoms with Gasteiger partial charge >= 0.3 is 0 Å². The van der Waals surface area contributed by atoms with Crippen LogP contribution in [0.2, 0.25) is 0 Å². The molecular weight excluding hydrogens is 212 g/mol. The Bertz CT molecular complexity index is 452. The highest BCUT2D eigenvalue weighted by Crippen LogP contribution is 2.17. The van der Waals surface area contributed by atoms with Gasteiger partial charge in [0.25, 0.3) is 0 Å². The van der Waals surface area contributed by atoms with Crippen LogP contribution >= 0.6 is 0 Å². The molecule has 2 rings (SSSR count). The molecule has 3 heteroatoms. The number of pyridine rings is 1. The second-order valence-electron chi connectivity index (χ2n) is 3.63. The maximum Gasteiger partial charge on any atom is 0.204 e. The van der Waals surface area contributed by atoms with Gasteiger partial charge in [0.1, 0.15) is 0 Å². The van der Waals surface area contributed by atoms with Crippen LogP contribution < -0.4 is 5.73 Å². The average Bonchev–Trinajstić information content (AvgIpc) is 2.38. The van der Waals surface area contributed by atoms with E-state index in [1.807, 2.05) is 6.07 Å². The highest BCUT2D eigenvalue weighted by Gasteiger charge is 2.02. The van der Waals surface area contributed by atoms with Gasteiger partial charge in [-0.15, -0.1) is 0 Å². The summed E-state index contributed by atoms with van der Waals surface area (Å²) >= 11 is 0. The van der Waals surface area contributed by atoms with E-state index in [1.165, 1.54) is 16.6 Å². The fraction of sp³-hybridized carbons (Fsp3) is 0.286. The lowest BCUT2D eigenvalue weighted by molar-refractivity contribution is -0.106. The number of nitrogens with zero attached hydrogens (tertiary/aromatic N) is 1. The third kappa shape index (κ3) is 3.28. The highest BCUT2D eigenvalue weighted by atomic mass is 16.1. The first-order valence-electron chi connectivity index (χ1n) is 5.79. The number of hydrogen-bond acceptors (Lipinski definition) is 2. The quantitative estimate of drug-likeness (QED) is 0.806. The largest absolute Gasteiger partial charge is 0.372 e. The van der Waals surface area contributed by atoms with Gasteiger partial charge in [0, 0.05) is 11.1 Å². The fourth-order valence-corrected chi connectivity index (χ4v) is 1.81. The minimum atomic E-state index is 0.250. The molecule has 0 aliphatic heterocycles. The van der Waals surface area contributed by atoms with E-state index < -0.39 is 0 Å². The molecule has 2 aromatic rings. The Hall–Kier alpha value is -1.90. The summed E-state index contributed by atoms with van der Waals surface area (Å²) in [5, 5.41) is 1.25. The lowest BCUT2D eigenvalue weighted by atomic mass is 10.1. The molecule has 0 bridgehead atoms. The van der Waals surface area contributed by atoms with Crippen LogP contribution in [0.15, 0.2) is 30.3 Å². The van der Waals surface area contributed by atoms with Crippen molar-refractivity contribution in [3.05, 3.63) is 41.6 Å². The molecule has 90 valence electrons. The van der Waals surface area contributed by atoms with Crippen molar-refractivity contribution in [2.24, 2.45) is 5.73 Å². The molecule has 0 aliphatic carbocycles. The average molecular weight is 230 g/mol. The summed E-state index contributed by atoms with van der Waals surface area (Å²) in [6, 6.07) is 10.6. The molecule has 0 radical (unpaired) electrons. The molecule has 0 spiro atoms. The summed E-state index contributed by atoms with van der Waals surface area (Å²) in [6.07, 6.45) is 2.34. The summed E-state index contributed by atoms with van der Waals surface area (Å²) in [7, 11) is 0. The van der Waals surface area contributed by atoms with E-state index in [-0.39, 0.29) is 6.41 Å². The van der Waals surface area contributed by atoms with E-state index in [2.05, 4.69) is 48.8 Å². The summed E-state index contributed by atoms with van der Waals surface area (Å²) in [4.78, 5) is 13.2. The Morgan fingerprint density at radius 3 is 2.47 bits per heavy atom. The molecule has 1 amide bonds. The fourth-order valence-electron chi connectivity index (χ4n) is 1.81. The molecule has 0 atom stereocenters. The first-order valence-corrected chi connectivity index (χ1v) is 5.79. The van der Waals surface area contributed by atoms with E-state index in [0.29, 0.717) is 0 Å². The summed E-state index contributed by atoms with van der Waals surface area (Å²) in [6.45, 7) is 4.35. The van der Waals surface area contributed by atoms with Gasteiger partial charge in [0.2, 0.25) is 6.41 Å². The van der Waals surface area contributed by atoms with Gasteiger partial charge < -0.3 is 5.73 Å². The topological polar surface area (TPSA) is 56.0 Å². The van der Waals surface area contributed by atoms with E-state index in [1.54, 1.807) is 0 Å². The monoisotopic (exact) mass is 230 g/mol. The third-order valence-electron chi connectivity index (χ3n) is 2.61. The zero-order valence-corrected chi connectivity index (χ0v) is 10.3. The van der Waals surface area contributed by atoms with Gasteiger partial charge in [-0.3, -0.25) is 9.78 Å². The second-order valence-corrected chi connectivity index (χ2v) is 3.63. The molecule has 3 nitrogen and oxygen atoms in total. The number of carbonyl (C=O) groups excluding carboxylic acids is 1. The van der Waals surface area contributed by atoms with Crippen molar-refractivity contribution in [3.63, 3.8) is 0 Å². The van der Waals surface area contributed by atoms with Crippen molar-refractivity contribution in [2.75, 3.05) is 0 Å². The number of fused-ring (bicyclic) bond motifs is 1. The third-order valence-corrected chi connectivity index (χ3v) is 2.61. The lowest BCUT2D eigenvalue weighted by Gasteiger charge is -2.06. The number of nitrogens with two attached hydrogens (primary N) is 1. The number of aryl methyl sites for hydroxylation is 2. The van der Waals surface area contributed by atoms with Crippen LogP contribution in [0.4, 0.5) is 0 Å². The molecule has 0 unspecified atom stereocenters. The summed E-state index contributed by atoms with van der Waals surface area (Å²) < 4.78 is 0. The van der Waals surface area contributed by atoms with E-state index in [0.717, 1.165) is 18.4 Å². The molecule has 1 heterocycles. The minimum Gasteiger partial charge on any atom is -0.372 e. The first kappa shape index (κ1) is 13.2. The van der Waals surface area contributed by atoms with Crippen molar-refractivity contribution in [1.82, 2.24) is 4.98 Å². The highest BCUT2D eigenvalue weighted by molar-refractivity contribution is 5.79. The zero-order valence-electron chi connectivity index (χ0n) is 10.3. The van der Waals surface area contributed by atoms with Gasteiger partial charge in [-0.05, 0) is 30.5 Å². The smallest absolute Gasteiger partial charge is 0.204 e. The van der Waals surface area contributed by atoms with Gasteiger partial charge in [0.15, 0.2) is 0 Å². The Morgan fingerprint density at radius 1 is 1.24 bits per heavy atom. The van der Waals surface area contributed by atoms with E-state index in [4.69, 9.17) is 4.79 Å². The number of rotatable bonds is 2. The van der Waals surface area contributed by atoms with Crippen LogP contribution in [0.25, 0.3) is 10.9 Å². The normalized spacial score (nSPS) is 9.53. The Balaban J connectivity index is 0.000000437. The first-order chi connectivity index (χ1) is 8.26. The van der Waals surface area contributed by atoms with Crippen LogP contribution in [0, 0.1) is 0 Å². The lowest BCUT2D eigenvalue weighted by Crippen LogP contribution is -1.95. The minimum absolute atomic E-state index is 0.250. The van der Waals surface area contributed by atoms with Gasteiger partial charge in [-0.1, -0.05) is 32.0 Å². The molecule has 0 saturated heterocycles.